The van der Waals surface area contributed by atoms with Crippen LogP contribution in [0, 0.1) is 12.3 Å². The summed E-state index contributed by atoms with van der Waals surface area (Å²) in [5.74, 6) is 0. The molecule has 4 nitrogen and oxygen atoms in total. The van der Waals surface area contributed by atoms with Gasteiger partial charge in [0.05, 0.1) is 5.69 Å². The maximum Gasteiger partial charge on any atom is 0.0596 e. The molecule has 0 unspecified atom stereocenters. The maximum atomic E-state index is 9.72. The van der Waals surface area contributed by atoms with E-state index in [1.54, 1.807) is 0 Å². The Bertz CT molecular complexity index is 367. The van der Waals surface area contributed by atoms with E-state index in [4.69, 9.17) is 0 Å². The van der Waals surface area contributed by atoms with Crippen molar-refractivity contribution in [1.82, 2.24) is 15.1 Å². The van der Waals surface area contributed by atoms with E-state index in [9.17, 15) is 5.11 Å². The molecular weight excluding hydrogens is 214 g/mol. The number of nitrogens with zero attached hydrogens (tertiary/aromatic N) is 2. The van der Waals surface area contributed by atoms with E-state index in [-0.39, 0.29) is 12.0 Å². The van der Waals surface area contributed by atoms with Crippen LogP contribution in [0.25, 0.3) is 0 Å². The summed E-state index contributed by atoms with van der Waals surface area (Å²) in [5.41, 5.74) is 2.40. The molecule has 1 aliphatic heterocycles. The summed E-state index contributed by atoms with van der Waals surface area (Å²) in [6.07, 6.45) is 3.05. The lowest BCUT2D eigenvalue weighted by atomic mass is 9.76. The molecule has 0 bridgehead atoms. The Kier molecular flexibility index (Phi) is 3.84. The zero-order valence-electron chi connectivity index (χ0n) is 10.9. The van der Waals surface area contributed by atoms with Crippen molar-refractivity contribution in [3.8, 4) is 0 Å². The Balaban J connectivity index is 2.16. The number of hydrogen-bond donors (Lipinski definition) is 2. The van der Waals surface area contributed by atoms with Gasteiger partial charge in [0.25, 0.3) is 0 Å². The summed E-state index contributed by atoms with van der Waals surface area (Å²) >= 11 is 0. The van der Waals surface area contributed by atoms with Crippen molar-refractivity contribution in [3.63, 3.8) is 0 Å². The number of hydrogen-bond acceptors (Lipinski definition) is 3. The minimum atomic E-state index is 0.0602. The number of nitrogens with one attached hydrogen (secondary N) is 1. The first-order chi connectivity index (χ1) is 8.19. The van der Waals surface area contributed by atoms with Crippen LogP contribution in [0.2, 0.25) is 0 Å². The molecule has 2 rings (SSSR count). The van der Waals surface area contributed by atoms with Gasteiger partial charge in [0, 0.05) is 24.3 Å². The first-order valence-corrected chi connectivity index (χ1v) is 6.54. The van der Waals surface area contributed by atoms with Gasteiger partial charge >= 0.3 is 0 Å². The van der Waals surface area contributed by atoms with Gasteiger partial charge in [-0.05, 0) is 52.3 Å². The Morgan fingerprint density at radius 1 is 1.47 bits per heavy atom. The number of rotatable bonds is 4. The van der Waals surface area contributed by atoms with Gasteiger partial charge in [0.1, 0.15) is 0 Å². The molecule has 0 radical (unpaired) electrons. The zero-order chi connectivity index (χ0) is 12.3. The molecule has 0 spiro atoms. The molecule has 0 amide bonds. The molecule has 2 N–H and O–H groups in total. The van der Waals surface area contributed by atoms with Gasteiger partial charge in [-0.1, -0.05) is 0 Å². The SMILES string of the molecule is CCn1nc(C)cc1CC1(CO)CCNCC1. The van der Waals surface area contributed by atoms with Gasteiger partial charge in [0.15, 0.2) is 0 Å². The minimum absolute atomic E-state index is 0.0602. The smallest absolute Gasteiger partial charge is 0.0596 e. The lowest BCUT2D eigenvalue weighted by Gasteiger charge is -2.36. The number of piperidine rings is 1. The zero-order valence-corrected chi connectivity index (χ0v) is 10.9. The second-order valence-corrected chi connectivity index (χ2v) is 5.18. The molecule has 1 fully saturated rings. The monoisotopic (exact) mass is 237 g/mol. The van der Waals surface area contributed by atoms with Gasteiger partial charge in [-0.25, -0.2) is 0 Å². The summed E-state index contributed by atoms with van der Waals surface area (Å²) < 4.78 is 2.06. The van der Waals surface area contributed by atoms with E-state index in [0.717, 1.165) is 44.6 Å². The van der Waals surface area contributed by atoms with E-state index in [1.807, 2.05) is 6.92 Å². The van der Waals surface area contributed by atoms with Crippen LogP contribution in [-0.2, 0) is 13.0 Å². The molecule has 1 saturated heterocycles. The Morgan fingerprint density at radius 2 is 2.18 bits per heavy atom. The standard InChI is InChI=1S/C13H23N3O/c1-3-16-12(8-11(2)15-16)9-13(10-17)4-6-14-7-5-13/h8,14,17H,3-7,9-10H2,1-2H3. The van der Waals surface area contributed by atoms with Crippen LogP contribution in [0.1, 0.15) is 31.2 Å². The molecule has 96 valence electrons. The molecule has 0 aromatic carbocycles. The quantitative estimate of drug-likeness (QED) is 0.825. The van der Waals surface area contributed by atoms with E-state index in [2.05, 4.69) is 28.1 Å². The molecule has 0 saturated carbocycles. The summed E-state index contributed by atoms with van der Waals surface area (Å²) in [5, 5.41) is 17.6. The first-order valence-electron chi connectivity index (χ1n) is 6.54. The third-order valence-electron chi connectivity index (χ3n) is 3.84. The van der Waals surface area contributed by atoms with Crippen LogP contribution < -0.4 is 5.32 Å². The third-order valence-corrected chi connectivity index (χ3v) is 3.84. The molecule has 2 heterocycles. The van der Waals surface area contributed by atoms with E-state index < -0.39 is 0 Å². The molecule has 17 heavy (non-hydrogen) atoms. The summed E-state index contributed by atoms with van der Waals surface area (Å²) in [6.45, 7) is 7.36. The number of aryl methyl sites for hydroxylation is 2. The average Bonchev–Trinajstić information content (AvgIpc) is 2.70. The molecule has 0 atom stereocenters. The largest absolute Gasteiger partial charge is 0.396 e. The molecule has 1 aromatic heterocycles. The highest BCUT2D eigenvalue weighted by Crippen LogP contribution is 2.32. The van der Waals surface area contributed by atoms with Crippen molar-refractivity contribution in [2.24, 2.45) is 5.41 Å². The normalized spacial score (nSPS) is 19.5. The molecule has 1 aromatic rings. The minimum Gasteiger partial charge on any atom is -0.396 e. The van der Waals surface area contributed by atoms with E-state index in [0.29, 0.717) is 0 Å². The Labute approximate surface area is 103 Å². The maximum absolute atomic E-state index is 9.72. The molecule has 4 heteroatoms. The molecular formula is C13H23N3O. The summed E-state index contributed by atoms with van der Waals surface area (Å²) in [4.78, 5) is 0. The van der Waals surface area contributed by atoms with Gasteiger partial charge < -0.3 is 10.4 Å². The van der Waals surface area contributed by atoms with Crippen molar-refractivity contribution < 1.29 is 5.11 Å². The van der Waals surface area contributed by atoms with Gasteiger partial charge in [-0.15, -0.1) is 0 Å². The highest BCUT2D eigenvalue weighted by Gasteiger charge is 2.32. The lowest BCUT2D eigenvalue weighted by Crippen LogP contribution is -2.41. The topological polar surface area (TPSA) is 50.1 Å². The van der Waals surface area contributed by atoms with Crippen LogP contribution in [0.5, 0.6) is 0 Å². The second-order valence-electron chi connectivity index (χ2n) is 5.18. The van der Waals surface area contributed by atoms with Crippen LogP contribution in [0.3, 0.4) is 0 Å². The fourth-order valence-corrected chi connectivity index (χ4v) is 2.75. The highest BCUT2D eigenvalue weighted by molar-refractivity contribution is 5.12. The average molecular weight is 237 g/mol. The van der Waals surface area contributed by atoms with Crippen molar-refractivity contribution in [1.29, 1.82) is 0 Å². The third kappa shape index (κ3) is 2.69. The van der Waals surface area contributed by atoms with Crippen LogP contribution in [0.4, 0.5) is 0 Å². The number of aliphatic hydroxyl groups excluding tert-OH is 1. The van der Waals surface area contributed by atoms with Crippen molar-refractivity contribution in [2.45, 2.75) is 39.7 Å². The Morgan fingerprint density at radius 3 is 2.76 bits per heavy atom. The van der Waals surface area contributed by atoms with Crippen molar-refractivity contribution in [2.75, 3.05) is 19.7 Å². The number of aromatic nitrogens is 2. The van der Waals surface area contributed by atoms with Crippen molar-refractivity contribution in [3.05, 3.63) is 17.5 Å². The van der Waals surface area contributed by atoms with Gasteiger partial charge in [-0.2, -0.15) is 5.10 Å². The summed E-state index contributed by atoms with van der Waals surface area (Å²) in [6, 6.07) is 2.16. The van der Waals surface area contributed by atoms with Gasteiger partial charge in [0.2, 0.25) is 0 Å². The summed E-state index contributed by atoms with van der Waals surface area (Å²) in [7, 11) is 0. The van der Waals surface area contributed by atoms with Crippen LogP contribution >= 0.6 is 0 Å². The van der Waals surface area contributed by atoms with E-state index in [1.165, 1.54) is 5.69 Å². The first kappa shape index (κ1) is 12.6. The van der Waals surface area contributed by atoms with Crippen LogP contribution in [0.15, 0.2) is 6.07 Å². The molecule has 1 aliphatic rings. The fraction of sp³-hybridized carbons (Fsp3) is 0.769. The van der Waals surface area contributed by atoms with Crippen molar-refractivity contribution >= 4 is 0 Å². The van der Waals surface area contributed by atoms with Gasteiger partial charge in [-0.3, -0.25) is 4.68 Å². The predicted molar refractivity (Wildman–Crippen MR) is 68.0 cm³/mol. The number of aliphatic hydroxyl groups is 1. The van der Waals surface area contributed by atoms with E-state index >= 15 is 0 Å². The Hall–Kier alpha value is -0.870. The van der Waals surface area contributed by atoms with Crippen LogP contribution in [-0.4, -0.2) is 34.6 Å². The second kappa shape index (κ2) is 5.19. The fourth-order valence-electron chi connectivity index (χ4n) is 2.75. The predicted octanol–water partition coefficient (Wildman–Crippen LogP) is 1.12. The highest BCUT2D eigenvalue weighted by atomic mass is 16.3. The molecule has 0 aliphatic carbocycles. The lowest BCUT2D eigenvalue weighted by molar-refractivity contribution is 0.0872.